The molecule has 11 nitrogen and oxygen atoms in total. The first-order valence-corrected chi connectivity index (χ1v) is 12.4. The second-order valence-corrected chi connectivity index (χ2v) is 9.59. The van der Waals surface area contributed by atoms with E-state index in [4.69, 9.17) is 4.98 Å². The van der Waals surface area contributed by atoms with Gasteiger partial charge in [0.15, 0.2) is 16.1 Å². The molecule has 0 saturated carbocycles. The smallest absolute Gasteiger partial charge is 0.324 e. The Labute approximate surface area is 198 Å². The summed E-state index contributed by atoms with van der Waals surface area (Å²) in [6.07, 6.45) is 3.54. The number of nitrogens with one attached hydrogen (secondary N) is 1. The zero-order valence-corrected chi connectivity index (χ0v) is 20.2. The average Bonchev–Trinajstić information content (AvgIpc) is 3.40. The number of fused-ring (bicyclic) bond motifs is 2. The van der Waals surface area contributed by atoms with Crippen molar-refractivity contribution < 1.29 is 0 Å². The number of thiazole rings is 1. The lowest BCUT2D eigenvalue weighted by molar-refractivity contribution is 0.118. The molecule has 4 aromatic heterocycles. The first kappa shape index (κ1) is 22.7. The maximum atomic E-state index is 12.5. The maximum absolute atomic E-state index is 12.5. The van der Waals surface area contributed by atoms with E-state index in [0.29, 0.717) is 30.8 Å². The Morgan fingerprint density at radius 3 is 2.53 bits per heavy atom. The lowest BCUT2D eigenvalue weighted by atomic mass is 10.2. The third kappa shape index (κ3) is 4.24. The number of nitrogens with zero attached hydrogens (tertiary/aromatic N) is 7. The van der Waals surface area contributed by atoms with E-state index < -0.39 is 11.2 Å². The predicted octanol–water partition coefficient (Wildman–Crippen LogP) is 0.611. The van der Waals surface area contributed by atoms with Crippen LogP contribution in [0.5, 0.6) is 0 Å². The fraction of sp³-hybridized carbons (Fsp3) is 0.500. The number of unbranched alkanes of at least 4 members (excludes halogenated alkanes) is 1. The number of rotatable bonds is 7. The highest BCUT2D eigenvalue weighted by molar-refractivity contribution is 7.15. The summed E-state index contributed by atoms with van der Waals surface area (Å²) in [6.45, 7) is 7.20. The van der Waals surface area contributed by atoms with Crippen LogP contribution in [0.4, 0.5) is 0 Å². The van der Waals surface area contributed by atoms with Gasteiger partial charge in [-0.1, -0.05) is 13.3 Å². The van der Waals surface area contributed by atoms with E-state index in [1.165, 1.54) is 11.3 Å². The van der Waals surface area contributed by atoms with Crippen LogP contribution in [0.1, 0.15) is 31.3 Å². The van der Waals surface area contributed by atoms with Crippen LogP contribution in [0.15, 0.2) is 32.0 Å². The number of imidazole rings is 1. The van der Waals surface area contributed by atoms with Gasteiger partial charge in [0.2, 0.25) is 0 Å². The molecular weight excluding hydrogens is 456 g/mol. The van der Waals surface area contributed by atoms with Crippen molar-refractivity contribution in [3.8, 4) is 0 Å². The summed E-state index contributed by atoms with van der Waals surface area (Å²) in [6, 6.07) is 1.61. The van der Waals surface area contributed by atoms with Crippen molar-refractivity contribution in [3.63, 3.8) is 0 Å². The summed E-state index contributed by atoms with van der Waals surface area (Å²) in [5, 5.41) is 1.87. The summed E-state index contributed by atoms with van der Waals surface area (Å²) in [4.78, 5) is 54.1. The van der Waals surface area contributed by atoms with Crippen molar-refractivity contribution in [2.45, 2.75) is 39.4 Å². The Morgan fingerprint density at radius 2 is 1.79 bits per heavy atom. The fourth-order valence-electron chi connectivity index (χ4n) is 4.46. The van der Waals surface area contributed by atoms with Crippen molar-refractivity contribution >= 4 is 27.5 Å². The Morgan fingerprint density at radius 1 is 1.06 bits per heavy atom. The van der Waals surface area contributed by atoms with Crippen LogP contribution < -0.4 is 16.8 Å². The standard InChI is InChI=1S/C22H28N8O3S/c1-3-4-5-30-19-18(20(32)25-21(30)33)26(2)16(24-19)14-28-8-6-27(7-9-28)13-15-12-17(31)29-10-11-34-22(29)23-15/h10-12H,3-9,13-14H2,1-2H3,(H,25,32,33). The number of hydrogen-bond donors (Lipinski definition) is 1. The number of piperazine rings is 1. The minimum Gasteiger partial charge on any atom is -0.324 e. The summed E-state index contributed by atoms with van der Waals surface area (Å²) < 4.78 is 4.94. The molecule has 4 aromatic rings. The van der Waals surface area contributed by atoms with Crippen molar-refractivity contribution in [1.29, 1.82) is 0 Å². The summed E-state index contributed by atoms with van der Waals surface area (Å²) in [7, 11) is 1.83. The SMILES string of the molecule is CCCCn1c(=O)[nH]c(=O)c2c1nc(CN1CCN(Cc3cc(=O)n4ccsc4n3)CC1)n2C. The topological polar surface area (TPSA) is 114 Å². The molecule has 0 aromatic carbocycles. The van der Waals surface area contributed by atoms with Gasteiger partial charge in [0.05, 0.1) is 12.2 Å². The zero-order valence-electron chi connectivity index (χ0n) is 19.4. The van der Waals surface area contributed by atoms with Crippen LogP contribution in [0.25, 0.3) is 16.1 Å². The van der Waals surface area contributed by atoms with E-state index in [1.807, 2.05) is 12.4 Å². The van der Waals surface area contributed by atoms with Crippen LogP contribution in [-0.4, -0.2) is 64.5 Å². The molecule has 5 heterocycles. The molecule has 0 spiro atoms. The van der Waals surface area contributed by atoms with Gasteiger partial charge in [0.1, 0.15) is 5.82 Å². The van der Waals surface area contributed by atoms with Crippen molar-refractivity contribution in [2.75, 3.05) is 26.2 Å². The molecule has 0 radical (unpaired) electrons. The Kier molecular flexibility index (Phi) is 6.19. The minimum atomic E-state index is -0.404. The van der Waals surface area contributed by atoms with Gasteiger partial charge in [-0.15, -0.1) is 11.3 Å². The van der Waals surface area contributed by atoms with E-state index in [0.717, 1.165) is 55.5 Å². The highest BCUT2D eigenvalue weighted by atomic mass is 32.1. The fourth-order valence-corrected chi connectivity index (χ4v) is 5.20. The number of hydrogen-bond acceptors (Lipinski definition) is 8. The molecule has 1 aliphatic heterocycles. The van der Waals surface area contributed by atoms with Gasteiger partial charge < -0.3 is 4.57 Å². The zero-order chi connectivity index (χ0) is 23.8. The van der Waals surface area contributed by atoms with Gasteiger partial charge >= 0.3 is 5.69 Å². The molecule has 0 atom stereocenters. The first-order chi connectivity index (χ1) is 16.4. The van der Waals surface area contributed by atoms with Gasteiger partial charge in [-0.05, 0) is 6.42 Å². The molecule has 180 valence electrons. The molecule has 5 rings (SSSR count). The molecule has 0 amide bonds. The number of aromatic nitrogens is 6. The van der Waals surface area contributed by atoms with Gasteiger partial charge in [0.25, 0.3) is 11.1 Å². The van der Waals surface area contributed by atoms with Gasteiger partial charge in [-0.3, -0.25) is 33.3 Å². The quantitative estimate of drug-likeness (QED) is 0.409. The van der Waals surface area contributed by atoms with Crippen LogP contribution >= 0.6 is 11.3 Å². The Hall–Kier alpha value is -3.09. The maximum Gasteiger partial charge on any atom is 0.330 e. The molecule has 1 fully saturated rings. The van der Waals surface area contributed by atoms with Crippen LogP contribution in [0, 0.1) is 0 Å². The normalized spacial score (nSPS) is 15.6. The minimum absolute atomic E-state index is 0.0471. The molecular formula is C22H28N8O3S. The third-order valence-electron chi connectivity index (χ3n) is 6.41. The molecule has 1 N–H and O–H groups in total. The Balaban J connectivity index is 1.28. The monoisotopic (exact) mass is 484 g/mol. The average molecular weight is 485 g/mol. The van der Waals surface area contributed by atoms with Crippen molar-refractivity contribution in [2.24, 2.45) is 7.05 Å². The van der Waals surface area contributed by atoms with E-state index in [2.05, 4.69) is 26.7 Å². The summed E-state index contributed by atoms with van der Waals surface area (Å²) in [5.41, 5.74) is 0.836. The number of aromatic amines is 1. The van der Waals surface area contributed by atoms with Gasteiger partial charge in [0, 0.05) is 64.0 Å². The van der Waals surface area contributed by atoms with Crippen LogP contribution in [0.2, 0.25) is 0 Å². The Bertz CT molecular complexity index is 1500. The second kappa shape index (κ2) is 9.28. The molecule has 1 saturated heterocycles. The second-order valence-electron chi connectivity index (χ2n) is 8.72. The highest BCUT2D eigenvalue weighted by Crippen LogP contribution is 2.15. The molecule has 0 unspecified atom stereocenters. The summed E-state index contributed by atoms with van der Waals surface area (Å²) >= 11 is 1.46. The predicted molar refractivity (Wildman–Crippen MR) is 130 cm³/mol. The van der Waals surface area contributed by atoms with Crippen molar-refractivity contribution in [3.05, 3.63) is 60.4 Å². The van der Waals surface area contributed by atoms with Crippen molar-refractivity contribution in [1.82, 2.24) is 38.3 Å². The number of aryl methyl sites for hydroxylation is 2. The van der Waals surface area contributed by atoms with E-state index >= 15 is 0 Å². The molecule has 0 aliphatic carbocycles. The summed E-state index contributed by atoms with van der Waals surface area (Å²) in [5.74, 6) is 0.766. The van der Waals surface area contributed by atoms with E-state index in [9.17, 15) is 14.4 Å². The number of H-pyrrole nitrogens is 1. The lowest BCUT2D eigenvalue weighted by Gasteiger charge is -2.34. The molecule has 1 aliphatic rings. The van der Waals surface area contributed by atoms with Crippen LogP contribution in [0.3, 0.4) is 0 Å². The van der Waals surface area contributed by atoms with Crippen LogP contribution in [-0.2, 0) is 26.7 Å². The third-order valence-corrected chi connectivity index (χ3v) is 7.17. The largest absolute Gasteiger partial charge is 0.330 e. The van der Waals surface area contributed by atoms with Gasteiger partial charge in [-0.2, -0.15) is 0 Å². The first-order valence-electron chi connectivity index (χ1n) is 11.5. The van der Waals surface area contributed by atoms with Gasteiger partial charge in [-0.25, -0.2) is 14.8 Å². The molecule has 34 heavy (non-hydrogen) atoms. The highest BCUT2D eigenvalue weighted by Gasteiger charge is 2.22. The molecule has 0 bridgehead atoms. The van der Waals surface area contributed by atoms with E-state index in [-0.39, 0.29) is 5.56 Å². The lowest BCUT2D eigenvalue weighted by Crippen LogP contribution is -2.45. The molecule has 12 heteroatoms. The van der Waals surface area contributed by atoms with E-state index in [1.54, 1.807) is 25.8 Å².